The molecule has 0 aromatic heterocycles. The number of rotatable bonds is 7. The molecule has 1 heterocycles. The first kappa shape index (κ1) is 18.9. The van der Waals surface area contributed by atoms with Crippen molar-refractivity contribution in [2.75, 3.05) is 33.4 Å². The second-order valence-corrected chi connectivity index (χ2v) is 6.27. The van der Waals surface area contributed by atoms with E-state index in [-0.39, 0.29) is 5.92 Å². The predicted molar refractivity (Wildman–Crippen MR) is 87.9 cm³/mol. The topological polar surface area (TPSA) is 21.7 Å². The molecule has 1 aliphatic heterocycles. The average Bonchev–Trinajstić information content (AvgIpc) is 2.54. The van der Waals surface area contributed by atoms with Gasteiger partial charge < -0.3 is 9.47 Å². The number of hydrogen-bond acceptors (Lipinski definition) is 3. The van der Waals surface area contributed by atoms with Crippen molar-refractivity contribution in [1.29, 1.82) is 0 Å². The lowest BCUT2D eigenvalue weighted by atomic mass is 9.88. The lowest BCUT2D eigenvalue weighted by Crippen LogP contribution is -2.39. The standard InChI is InChI=1S/C18H26F3NO2/c1-3-4-11-24-17-12-15(23-2)5-6-16(17)14-7-9-22(10-8-14)13-18(19,20)21/h5-6,12,14H,3-4,7-11,13H2,1-2H3. The number of likely N-dealkylation sites (tertiary alicyclic amines) is 1. The van der Waals surface area contributed by atoms with E-state index in [2.05, 4.69) is 6.92 Å². The normalized spacial score (nSPS) is 17.0. The monoisotopic (exact) mass is 345 g/mol. The second-order valence-electron chi connectivity index (χ2n) is 6.27. The number of halogens is 3. The molecule has 0 saturated carbocycles. The molecule has 1 aliphatic rings. The summed E-state index contributed by atoms with van der Waals surface area (Å²) in [7, 11) is 1.61. The van der Waals surface area contributed by atoms with Crippen LogP contribution in [-0.4, -0.2) is 44.4 Å². The fourth-order valence-corrected chi connectivity index (χ4v) is 3.09. The van der Waals surface area contributed by atoms with Gasteiger partial charge in [0.25, 0.3) is 0 Å². The molecule has 0 N–H and O–H groups in total. The Hall–Kier alpha value is -1.43. The van der Waals surface area contributed by atoms with Crippen LogP contribution < -0.4 is 9.47 Å². The zero-order valence-corrected chi connectivity index (χ0v) is 14.4. The molecule has 3 nitrogen and oxygen atoms in total. The number of piperidine rings is 1. The molecule has 0 aliphatic carbocycles. The third-order valence-electron chi connectivity index (χ3n) is 4.41. The van der Waals surface area contributed by atoms with Gasteiger partial charge in [-0.15, -0.1) is 0 Å². The van der Waals surface area contributed by atoms with Crippen LogP contribution in [0.2, 0.25) is 0 Å². The van der Waals surface area contributed by atoms with Crippen molar-refractivity contribution in [2.24, 2.45) is 0 Å². The van der Waals surface area contributed by atoms with E-state index in [1.807, 2.05) is 18.2 Å². The Kier molecular flexibility index (Phi) is 6.78. The van der Waals surface area contributed by atoms with Gasteiger partial charge in [0.1, 0.15) is 11.5 Å². The highest BCUT2D eigenvalue weighted by Crippen LogP contribution is 2.37. The predicted octanol–water partition coefficient (Wildman–Crippen LogP) is 4.62. The van der Waals surface area contributed by atoms with E-state index < -0.39 is 12.7 Å². The Morgan fingerprint density at radius 2 is 1.92 bits per heavy atom. The summed E-state index contributed by atoms with van der Waals surface area (Å²) in [6, 6.07) is 5.77. The van der Waals surface area contributed by atoms with Gasteiger partial charge in [0.05, 0.1) is 20.3 Å². The van der Waals surface area contributed by atoms with Crippen LogP contribution in [-0.2, 0) is 0 Å². The lowest BCUT2D eigenvalue weighted by Gasteiger charge is -2.33. The van der Waals surface area contributed by atoms with Crippen molar-refractivity contribution in [3.05, 3.63) is 23.8 Å². The summed E-state index contributed by atoms with van der Waals surface area (Å²) < 4.78 is 48.7. The molecule has 136 valence electrons. The summed E-state index contributed by atoms with van der Waals surface area (Å²) in [6.45, 7) is 2.85. The summed E-state index contributed by atoms with van der Waals surface area (Å²) >= 11 is 0. The molecule has 6 heteroatoms. The Morgan fingerprint density at radius 3 is 2.50 bits per heavy atom. The minimum absolute atomic E-state index is 0.233. The molecule has 2 rings (SSSR count). The maximum Gasteiger partial charge on any atom is 0.401 e. The highest BCUT2D eigenvalue weighted by molar-refractivity contribution is 5.43. The molecule has 0 unspecified atom stereocenters. The molecule has 0 amide bonds. The van der Waals surface area contributed by atoms with Crippen LogP contribution in [0.4, 0.5) is 13.2 Å². The molecule has 1 saturated heterocycles. The molecular weight excluding hydrogens is 319 g/mol. The number of hydrogen-bond donors (Lipinski definition) is 0. The van der Waals surface area contributed by atoms with Gasteiger partial charge in [-0.1, -0.05) is 19.4 Å². The third-order valence-corrected chi connectivity index (χ3v) is 4.41. The summed E-state index contributed by atoms with van der Waals surface area (Å²) in [5.74, 6) is 1.77. The van der Waals surface area contributed by atoms with Crippen molar-refractivity contribution >= 4 is 0 Å². The van der Waals surface area contributed by atoms with Crippen molar-refractivity contribution in [3.63, 3.8) is 0 Å². The summed E-state index contributed by atoms with van der Waals surface area (Å²) in [4.78, 5) is 1.48. The van der Waals surface area contributed by atoms with Crippen molar-refractivity contribution < 1.29 is 22.6 Å². The Labute approximate surface area is 141 Å². The number of benzene rings is 1. The van der Waals surface area contributed by atoms with Crippen LogP contribution >= 0.6 is 0 Å². The number of nitrogens with zero attached hydrogens (tertiary/aromatic N) is 1. The maximum atomic E-state index is 12.5. The SMILES string of the molecule is CCCCOc1cc(OC)ccc1C1CCN(CC(F)(F)F)CC1. The highest BCUT2D eigenvalue weighted by Gasteiger charge is 2.33. The van der Waals surface area contributed by atoms with Gasteiger partial charge in [-0.3, -0.25) is 4.90 Å². The highest BCUT2D eigenvalue weighted by atomic mass is 19.4. The van der Waals surface area contributed by atoms with Crippen molar-refractivity contribution in [2.45, 2.75) is 44.7 Å². The third kappa shape index (κ3) is 5.58. The lowest BCUT2D eigenvalue weighted by molar-refractivity contribution is -0.147. The molecule has 0 spiro atoms. The van der Waals surface area contributed by atoms with Crippen LogP contribution in [0.25, 0.3) is 0 Å². The summed E-state index contributed by atoms with van der Waals surface area (Å²) in [5.41, 5.74) is 1.08. The van der Waals surface area contributed by atoms with Crippen molar-refractivity contribution in [1.82, 2.24) is 4.90 Å². The van der Waals surface area contributed by atoms with E-state index in [4.69, 9.17) is 9.47 Å². The Bertz CT molecular complexity index is 511. The van der Waals surface area contributed by atoms with Gasteiger partial charge in [0.2, 0.25) is 0 Å². The van der Waals surface area contributed by atoms with Gasteiger partial charge in [-0.25, -0.2) is 0 Å². The van der Waals surface area contributed by atoms with Crippen LogP contribution in [0, 0.1) is 0 Å². The average molecular weight is 345 g/mol. The van der Waals surface area contributed by atoms with E-state index in [1.54, 1.807) is 7.11 Å². The fourth-order valence-electron chi connectivity index (χ4n) is 3.09. The summed E-state index contributed by atoms with van der Waals surface area (Å²) in [6.07, 6.45) is -0.670. The van der Waals surface area contributed by atoms with E-state index in [0.29, 0.717) is 32.5 Å². The van der Waals surface area contributed by atoms with Gasteiger partial charge in [-0.2, -0.15) is 13.2 Å². The van der Waals surface area contributed by atoms with Crippen LogP contribution in [0.5, 0.6) is 11.5 Å². The Balaban J connectivity index is 2.03. The first-order valence-corrected chi connectivity index (χ1v) is 8.52. The zero-order chi connectivity index (χ0) is 17.6. The number of methoxy groups -OCH3 is 1. The molecule has 1 fully saturated rings. The molecule has 1 aromatic rings. The maximum absolute atomic E-state index is 12.5. The quantitative estimate of drug-likeness (QED) is 0.673. The molecule has 0 radical (unpaired) electrons. The zero-order valence-electron chi connectivity index (χ0n) is 14.4. The smallest absolute Gasteiger partial charge is 0.401 e. The first-order valence-electron chi connectivity index (χ1n) is 8.52. The Morgan fingerprint density at radius 1 is 1.21 bits per heavy atom. The van der Waals surface area contributed by atoms with Gasteiger partial charge in [0, 0.05) is 6.07 Å². The number of alkyl halides is 3. The largest absolute Gasteiger partial charge is 0.497 e. The molecule has 0 atom stereocenters. The molecule has 24 heavy (non-hydrogen) atoms. The van der Waals surface area contributed by atoms with Gasteiger partial charge >= 0.3 is 6.18 Å². The van der Waals surface area contributed by atoms with E-state index in [0.717, 1.165) is 29.9 Å². The minimum atomic E-state index is -4.12. The van der Waals surface area contributed by atoms with Crippen LogP contribution in [0.15, 0.2) is 18.2 Å². The molecule has 1 aromatic carbocycles. The van der Waals surface area contributed by atoms with E-state index in [1.165, 1.54) is 4.90 Å². The van der Waals surface area contributed by atoms with Crippen molar-refractivity contribution in [3.8, 4) is 11.5 Å². The van der Waals surface area contributed by atoms with Gasteiger partial charge in [0.15, 0.2) is 0 Å². The first-order chi connectivity index (χ1) is 11.4. The number of unbranched alkanes of at least 4 members (excludes halogenated alkanes) is 1. The number of ether oxygens (including phenoxy) is 2. The van der Waals surface area contributed by atoms with E-state index >= 15 is 0 Å². The molecule has 0 bridgehead atoms. The summed E-state index contributed by atoms with van der Waals surface area (Å²) in [5, 5.41) is 0. The second kappa shape index (κ2) is 8.60. The van der Waals surface area contributed by atoms with Crippen LogP contribution in [0.3, 0.4) is 0 Å². The van der Waals surface area contributed by atoms with Gasteiger partial charge in [-0.05, 0) is 49.9 Å². The minimum Gasteiger partial charge on any atom is -0.497 e. The van der Waals surface area contributed by atoms with Crippen LogP contribution in [0.1, 0.15) is 44.1 Å². The fraction of sp³-hybridized carbons (Fsp3) is 0.667. The van der Waals surface area contributed by atoms with E-state index in [9.17, 15) is 13.2 Å². The molecular formula is C18H26F3NO2.